The lowest BCUT2D eigenvalue weighted by molar-refractivity contribution is 0.0696. The molecule has 0 saturated heterocycles. The first-order valence-electron chi connectivity index (χ1n) is 5.04. The standard InChI is InChI=1S/C11H16O2S/c1-2-3-4-5-6-9-7-14-8-10(9)11(12)13/h7-8H,2-6H2,1H3,(H,12,13). The van der Waals surface area contributed by atoms with E-state index in [4.69, 9.17) is 5.11 Å². The predicted octanol–water partition coefficient (Wildman–Crippen LogP) is 3.57. The Hall–Kier alpha value is -0.830. The maximum absolute atomic E-state index is 10.8. The third kappa shape index (κ3) is 3.14. The molecule has 0 aliphatic heterocycles. The molecule has 0 fully saturated rings. The SMILES string of the molecule is CCCCCCc1cscc1C(=O)O. The van der Waals surface area contributed by atoms with Crippen molar-refractivity contribution in [3.63, 3.8) is 0 Å². The van der Waals surface area contributed by atoms with Crippen LogP contribution in [-0.2, 0) is 6.42 Å². The Morgan fingerprint density at radius 1 is 1.36 bits per heavy atom. The van der Waals surface area contributed by atoms with Crippen molar-refractivity contribution in [2.45, 2.75) is 39.0 Å². The van der Waals surface area contributed by atoms with Crippen LogP contribution in [0, 0.1) is 0 Å². The fourth-order valence-corrected chi connectivity index (χ4v) is 2.31. The molecule has 1 aromatic heterocycles. The van der Waals surface area contributed by atoms with Gasteiger partial charge in [-0.3, -0.25) is 0 Å². The molecule has 3 heteroatoms. The molecule has 0 bridgehead atoms. The lowest BCUT2D eigenvalue weighted by Crippen LogP contribution is -1.98. The Morgan fingerprint density at radius 2 is 2.14 bits per heavy atom. The molecule has 1 aromatic rings. The van der Waals surface area contributed by atoms with Gasteiger partial charge in [-0.2, -0.15) is 11.3 Å². The fourth-order valence-electron chi connectivity index (χ4n) is 1.45. The zero-order chi connectivity index (χ0) is 10.4. The largest absolute Gasteiger partial charge is 0.478 e. The fraction of sp³-hybridized carbons (Fsp3) is 0.545. The monoisotopic (exact) mass is 212 g/mol. The number of unbranched alkanes of at least 4 members (excludes halogenated alkanes) is 3. The molecule has 0 unspecified atom stereocenters. The first kappa shape index (κ1) is 11.2. The van der Waals surface area contributed by atoms with E-state index in [-0.39, 0.29) is 0 Å². The number of carbonyl (C=O) groups is 1. The van der Waals surface area contributed by atoms with Gasteiger partial charge in [0, 0.05) is 5.38 Å². The summed E-state index contributed by atoms with van der Waals surface area (Å²) >= 11 is 1.48. The van der Waals surface area contributed by atoms with Gasteiger partial charge in [-0.25, -0.2) is 4.79 Å². The van der Waals surface area contributed by atoms with Crippen molar-refractivity contribution < 1.29 is 9.90 Å². The Labute approximate surface area is 88.6 Å². The van der Waals surface area contributed by atoms with E-state index in [1.165, 1.54) is 30.6 Å². The third-order valence-corrected chi connectivity index (χ3v) is 3.06. The van der Waals surface area contributed by atoms with Crippen LogP contribution in [0.1, 0.15) is 48.5 Å². The van der Waals surface area contributed by atoms with Crippen molar-refractivity contribution in [1.82, 2.24) is 0 Å². The molecule has 0 atom stereocenters. The van der Waals surface area contributed by atoms with Crippen molar-refractivity contribution in [3.8, 4) is 0 Å². The van der Waals surface area contributed by atoms with Crippen LogP contribution in [0.5, 0.6) is 0 Å². The minimum atomic E-state index is -0.795. The van der Waals surface area contributed by atoms with Crippen LogP contribution in [0.3, 0.4) is 0 Å². The van der Waals surface area contributed by atoms with Gasteiger partial charge in [-0.1, -0.05) is 26.2 Å². The summed E-state index contributed by atoms with van der Waals surface area (Å²) in [5, 5.41) is 12.5. The van der Waals surface area contributed by atoms with Crippen LogP contribution in [-0.4, -0.2) is 11.1 Å². The van der Waals surface area contributed by atoms with Gasteiger partial charge in [0.1, 0.15) is 0 Å². The molecule has 0 aliphatic rings. The van der Waals surface area contributed by atoms with Gasteiger partial charge in [-0.15, -0.1) is 0 Å². The first-order chi connectivity index (χ1) is 6.75. The maximum atomic E-state index is 10.8. The third-order valence-electron chi connectivity index (χ3n) is 2.27. The van der Waals surface area contributed by atoms with Crippen LogP contribution >= 0.6 is 11.3 Å². The molecule has 1 heterocycles. The Morgan fingerprint density at radius 3 is 2.79 bits per heavy atom. The van der Waals surface area contributed by atoms with E-state index in [0.29, 0.717) is 5.56 Å². The lowest BCUT2D eigenvalue weighted by Gasteiger charge is -1.99. The van der Waals surface area contributed by atoms with Gasteiger partial charge >= 0.3 is 5.97 Å². The molecule has 0 saturated carbocycles. The van der Waals surface area contributed by atoms with Gasteiger partial charge in [-0.05, 0) is 23.8 Å². The summed E-state index contributed by atoms with van der Waals surface area (Å²) in [6.07, 6.45) is 5.67. The quantitative estimate of drug-likeness (QED) is 0.732. The molecule has 0 aromatic carbocycles. The average molecular weight is 212 g/mol. The average Bonchev–Trinajstić information content (AvgIpc) is 2.60. The topological polar surface area (TPSA) is 37.3 Å². The second-order valence-corrected chi connectivity index (χ2v) is 4.17. The number of carboxylic acid groups (broad SMARTS) is 1. The van der Waals surface area contributed by atoms with Crippen LogP contribution in [0.4, 0.5) is 0 Å². The number of thiophene rings is 1. The number of rotatable bonds is 6. The van der Waals surface area contributed by atoms with E-state index >= 15 is 0 Å². The number of hydrogen-bond acceptors (Lipinski definition) is 2. The zero-order valence-electron chi connectivity index (χ0n) is 8.45. The van der Waals surface area contributed by atoms with Crippen LogP contribution in [0.25, 0.3) is 0 Å². The molecule has 0 aliphatic carbocycles. The van der Waals surface area contributed by atoms with E-state index < -0.39 is 5.97 Å². The molecular formula is C11H16O2S. The van der Waals surface area contributed by atoms with Crippen molar-refractivity contribution in [2.24, 2.45) is 0 Å². The molecule has 2 nitrogen and oxygen atoms in total. The molecule has 78 valence electrons. The Kier molecular flexibility index (Phi) is 4.66. The highest BCUT2D eigenvalue weighted by Gasteiger charge is 2.09. The van der Waals surface area contributed by atoms with Gasteiger partial charge in [0.05, 0.1) is 5.56 Å². The smallest absolute Gasteiger partial charge is 0.336 e. The van der Waals surface area contributed by atoms with Crippen LogP contribution in [0.15, 0.2) is 10.8 Å². The summed E-state index contributed by atoms with van der Waals surface area (Å²) < 4.78 is 0. The second-order valence-electron chi connectivity index (χ2n) is 3.43. The van der Waals surface area contributed by atoms with E-state index in [1.54, 1.807) is 5.38 Å². The van der Waals surface area contributed by atoms with E-state index in [1.807, 2.05) is 5.38 Å². The number of aryl methyl sites for hydroxylation is 1. The molecule has 1 rings (SSSR count). The zero-order valence-corrected chi connectivity index (χ0v) is 9.27. The van der Waals surface area contributed by atoms with Crippen molar-refractivity contribution in [2.75, 3.05) is 0 Å². The molecule has 14 heavy (non-hydrogen) atoms. The molecule has 0 amide bonds. The summed E-state index contributed by atoms with van der Waals surface area (Å²) in [5.74, 6) is -0.795. The van der Waals surface area contributed by atoms with Gasteiger partial charge in [0.25, 0.3) is 0 Å². The lowest BCUT2D eigenvalue weighted by atomic mass is 10.1. The minimum Gasteiger partial charge on any atom is -0.478 e. The van der Waals surface area contributed by atoms with Crippen LogP contribution in [0.2, 0.25) is 0 Å². The normalized spacial score (nSPS) is 10.4. The van der Waals surface area contributed by atoms with Crippen LogP contribution < -0.4 is 0 Å². The minimum absolute atomic E-state index is 0.492. The summed E-state index contributed by atoms with van der Waals surface area (Å²) in [5.41, 5.74) is 1.49. The Balaban J connectivity index is 2.42. The molecule has 0 spiro atoms. The number of hydrogen-bond donors (Lipinski definition) is 1. The maximum Gasteiger partial charge on any atom is 0.336 e. The predicted molar refractivity (Wildman–Crippen MR) is 59.1 cm³/mol. The van der Waals surface area contributed by atoms with E-state index in [9.17, 15) is 4.79 Å². The van der Waals surface area contributed by atoms with Gasteiger partial charge in [0.15, 0.2) is 0 Å². The van der Waals surface area contributed by atoms with Crippen molar-refractivity contribution in [1.29, 1.82) is 0 Å². The molecule has 1 N–H and O–H groups in total. The van der Waals surface area contributed by atoms with Gasteiger partial charge < -0.3 is 5.11 Å². The Bertz CT molecular complexity index is 291. The van der Waals surface area contributed by atoms with Crippen molar-refractivity contribution in [3.05, 3.63) is 21.9 Å². The molecule has 0 radical (unpaired) electrons. The number of aromatic carboxylic acids is 1. The first-order valence-corrected chi connectivity index (χ1v) is 5.98. The highest BCUT2D eigenvalue weighted by atomic mass is 32.1. The highest BCUT2D eigenvalue weighted by Crippen LogP contribution is 2.18. The summed E-state index contributed by atoms with van der Waals surface area (Å²) in [4.78, 5) is 10.8. The van der Waals surface area contributed by atoms with Gasteiger partial charge in [0.2, 0.25) is 0 Å². The van der Waals surface area contributed by atoms with E-state index in [0.717, 1.165) is 18.4 Å². The second kappa shape index (κ2) is 5.81. The molecular weight excluding hydrogens is 196 g/mol. The van der Waals surface area contributed by atoms with Crippen molar-refractivity contribution >= 4 is 17.3 Å². The summed E-state index contributed by atoms with van der Waals surface area (Å²) in [6, 6.07) is 0. The highest BCUT2D eigenvalue weighted by molar-refractivity contribution is 7.08. The van der Waals surface area contributed by atoms with E-state index in [2.05, 4.69) is 6.92 Å². The summed E-state index contributed by atoms with van der Waals surface area (Å²) in [7, 11) is 0. The summed E-state index contributed by atoms with van der Waals surface area (Å²) in [6.45, 7) is 2.17. The number of carboxylic acids is 1.